The average molecular weight is 414 g/mol. The van der Waals surface area contributed by atoms with Crippen molar-refractivity contribution in [3.63, 3.8) is 0 Å². The standard InChI is InChI=1S/C20H22N4O4S/c1-14-9-7-8-12-16(14)19-22-17(28-23-19)13-21-20(25)18(24(2)29(3,26)27)15-10-5-4-6-11-15/h4-12,18H,13H2,1-3H3,(H,21,25)/t18-/m0/s1. The van der Waals surface area contributed by atoms with Crippen molar-refractivity contribution in [2.24, 2.45) is 0 Å². The molecule has 0 fully saturated rings. The summed E-state index contributed by atoms with van der Waals surface area (Å²) in [5.41, 5.74) is 2.40. The van der Waals surface area contributed by atoms with E-state index < -0.39 is 22.0 Å². The van der Waals surface area contributed by atoms with Crippen molar-refractivity contribution in [2.45, 2.75) is 19.5 Å². The number of amides is 1. The molecule has 3 rings (SSSR count). The van der Waals surface area contributed by atoms with Crippen molar-refractivity contribution in [1.82, 2.24) is 19.8 Å². The third-order valence-electron chi connectivity index (χ3n) is 4.52. The summed E-state index contributed by atoms with van der Waals surface area (Å²) in [7, 11) is -2.22. The highest BCUT2D eigenvalue weighted by atomic mass is 32.2. The number of nitrogens with zero attached hydrogens (tertiary/aromatic N) is 3. The highest BCUT2D eigenvalue weighted by Crippen LogP contribution is 2.23. The van der Waals surface area contributed by atoms with Gasteiger partial charge in [0, 0.05) is 12.6 Å². The lowest BCUT2D eigenvalue weighted by Gasteiger charge is -2.25. The normalized spacial score (nSPS) is 12.7. The van der Waals surface area contributed by atoms with E-state index in [0.29, 0.717) is 11.4 Å². The van der Waals surface area contributed by atoms with E-state index in [0.717, 1.165) is 21.7 Å². The number of carbonyl (C=O) groups excluding carboxylic acids is 1. The van der Waals surface area contributed by atoms with Gasteiger partial charge < -0.3 is 9.84 Å². The van der Waals surface area contributed by atoms with Gasteiger partial charge in [-0.05, 0) is 18.1 Å². The fraction of sp³-hybridized carbons (Fsp3) is 0.250. The predicted molar refractivity (Wildman–Crippen MR) is 108 cm³/mol. The van der Waals surface area contributed by atoms with Gasteiger partial charge in [-0.25, -0.2) is 8.42 Å². The molecule has 1 amide bonds. The predicted octanol–water partition coefficient (Wildman–Crippen LogP) is 2.29. The van der Waals surface area contributed by atoms with Crippen molar-refractivity contribution in [1.29, 1.82) is 0 Å². The summed E-state index contributed by atoms with van der Waals surface area (Å²) in [6.45, 7) is 1.93. The topological polar surface area (TPSA) is 105 Å². The smallest absolute Gasteiger partial charge is 0.246 e. The van der Waals surface area contributed by atoms with Gasteiger partial charge in [0.1, 0.15) is 6.04 Å². The lowest BCUT2D eigenvalue weighted by atomic mass is 10.1. The summed E-state index contributed by atoms with van der Waals surface area (Å²) < 4.78 is 30.3. The van der Waals surface area contributed by atoms with Gasteiger partial charge in [-0.15, -0.1) is 0 Å². The number of aryl methyl sites for hydroxylation is 1. The van der Waals surface area contributed by atoms with Crippen molar-refractivity contribution in [3.8, 4) is 11.4 Å². The number of aromatic nitrogens is 2. The second-order valence-electron chi connectivity index (χ2n) is 6.64. The van der Waals surface area contributed by atoms with Crippen LogP contribution in [0, 0.1) is 6.92 Å². The third kappa shape index (κ3) is 4.87. The molecule has 152 valence electrons. The summed E-state index contributed by atoms with van der Waals surface area (Å²) in [6, 6.07) is 15.3. The lowest BCUT2D eigenvalue weighted by Crippen LogP contribution is -2.41. The van der Waals surface area contributed by atoms with Crippen molar-refractivity contribution in [2.75, 3.05) is 13.3 Å². The molecule has 2 aromatic carbocycles. The number of hydrogen-bond acceptors (Lipinski definition) is 6. The molecule has 3 aromatic rings. The molecule has 1 N–H and O–H groups in total. The minimum Gasteiger partial charge on any atom is -0.345 e. The van der Waals surface area contributed by atoms with Crippen LogP contribution in [0.4, 0.5) is 0 Å². The van der Waals surface area contributed by atoms with E-state index in [1.165, 1.54) is 7.05 Å². The molecule has 9 heteroatoms. The molecule has 0 saturated heterocycles. The first-order valence-corrected chi connectivity index (χ1v) is 10.8. The number of nitrogens with one attached hydrogen (secondary N) is 1. The van der Waals surface area contributed by atoms with E-state index in [1.807, 2.05) is 31.2 Å². The van der Waals surface area contributed by atoms with Gasteiger partial charge in [-0.1, -0.05) is 59.8 Å². The second-order valence-corrected chi connectivity index (χ2v) is 8.68. The Balaban J connectivity index is 1.77. The molecule has 0 aliphatic rings. The Kier molecular flexibility index (Phi) is 6.09. The number of benzene rings is 2. The van der Waals surface area contributed by atoms with Gasteiger partial charge in [0.05, 0.1) is 12.8 Å². The van der Waals surface area contributed by atoms with E-state index in [4.69, 9.17) is 4.52 Å². The zero-order chi connectivity index (χ0) is 21.0. The van der Waals surface area contributed by atoms with E-state index in [-0.39, 0.29) is 12.4 Å². The maximum atomic E-state index is 12.8. The number of rotatable bonds is 7. The zero-order valence-corrected chi connectivity index (χ0v) is 17.2. The highest BCUT2D eigenvalue weighted by Gasteiger charge is 2.30. The maximum Gasteiger partial charge on any atom is 0.246 e. The Morgan fingerprint density at radius 3 is 2.45 bits per heavy atom. The SMILES string of the molecule is Cc1ccccc1-c1noc(CNC(=O)[C@H](c2ccccc2)N(C)S(C)(=O)=O)n1. The maximum absolute atomic E-state index is 12.8. The minimum atomic E-state index is -3.59. The summed E-state index contributed by atoms with van der Waals surface area (Å²) >= 11 is 0. The number of carbonyl (C=O) groups is 1. The fourth-order valence-electron chi connectivity index (χ4n) is 2.87. The van der Waals surface area contributed by atoms with Crippen LogP contribution in [0.1, 0.15) is 23.1 Å². The van der Waals surface area contributed by atoms with Crippen LogP contribution in [0.2, 0.25) is 0 Å². The van der Waals surface area contributed by atoms with E-state index in [1.54, 1.807) is 30.3 Å². The molecule has 0 radical (unpaired) electrons. The zero-order valence-electron chi connectivity index (χ0n) is 16.4. The molecular weight excluding hydrogens is 392 g/mol. The lowest BCUT2D eigenvalue weighted by molar-refractivity contribution is -0.125. The Bertz CT molecular complexity index is 1100. The molecule has 0 aliphatic carbocycles. The van der Waals surface area contributed by atoms with Crippen LogP contribution in [0.3, 0.4) is 0 Å². The largest absolute Gasteiger partial charge is 0.345 e. The van der Waals surface area contributed by atoms with Crippen LogP contribution < -0.4 is 5.32 Å². The van der Waals surface area contributed by atoms with E-state index >= 15 is 0 Å². The number of likely N-dealkylation sites (N-methyl/N-ethyl adjacent to an activating group) is 1. The van der Waals surface area contributed by atoms with Crippen LogP contribution in [0.25, 0.3) is 11.4 Å². The molecular formula is C20H22N4O4S. The first-order valence-electron chi connectivity index (χ1n) is 8.91. The first-order chi connectivity index (χ1) is 13.8. The van der Waals surface area contributed by atoms with Crippen LogP contribution >= 0.6 is 0 Å². The van der Waals surface area contributed by atoms with Gasteiger partial charge in [-0.3, -0.25) is 4.79 Å². The summed E-state index contributed by atoms with van der Waals surface area (Å²) in [5.74, 6) is 0.172. The van der Waals surface area contributed by atoms with Crippen molar-refractivity contribution in [3.05, 3.63) is 71.6 Å². The quantitative estimate of drug-likeness (QED) is 0.636. The van der Waals surface area contributed by atoms with Crippen molar-refractivity contribution >= 4 is 15.9 Å². The summed E-state index contributed by atoms with van der Waals surface area (Å²) in [5, 5.41) is 6.65. The van der Waals surface area contributed by atoms with Crippen LogP contribution in [0.15, 0.2) is 59.1 Å². The highest BCUT2D eigenvalue weighted by molar-refractivity contribution is 7.88. The monoisotopic (exact) mass is 414 g/mol. The molecule has 0 aliphatic heterocycles. The Labute approximate surface area is 169 Å². The van der Waals surface area contributed by atoms with E-state index in [2.05, 4.69) is 15.5 Å². The molecule has 1 aromatic heterocycles. The first kappa shape index (κ1) is 20.7. The molecule has 0 unspecified atom stereocenters. The molecule has 0 bridgehead atoms. The molecule has 1 heterocycles. The van der Waals surface area contributed by atoms with Gasteiger partial charge in [-0.2, -0.15) is 9.29 Å². The number of hydrogen-bond donors (Lipinski definition) is 1. The van der Waals surface area contributed by atoms with Gasteiger partial charge in [0.2, 0.25) is 27.6 Å². The van der Waals surface area contributed by atoms with Crippen molar-refractivity contribution < 1.29 is 17.7 Å². The van der Waals surface area contributed by atoms with E-state index in [9.17, 15) is 13.2 Å². The molecule has 29 heavy (non-hydrogen) atoms. The second kappa shape index (κ2) is 8.54. The third-order valence-corrected chi connectivity index (χ3v) is 5.78. The van der Waals surface area contributed by atoms with Gasteiger partial charge >= 0.3 is 0 Å². The van der Waals surface area contributed by atoms with Crippen LogP contribution in [-0.4, -0.2) is 42.1 Å². The van der Waals surface area contributed by atoms with Gasteiger partial charge in [0.25, 0.3) is 0 Å². The summed E-state index contributed by atoms with van der Waals surface area (Å²) in [6.07, 6.45) is 1.06. The van der Waals surface area contributed by atoms with Crippen LogP contribution in [-0.2, 0) is 21.4 Å². The Morgan fingerprint density at radius 1 is 1.14 bits per heavy atom. The minimum absolute atomic E-state index is 0.0152. The molecule has 1 atom stereocenters. The average Bonchev–Trinajstić information content (AvgIpc) is 3.16. The molecule has 8 nitrogen and oxygen atoms in total. The van der Waals surface area contributed by atoms with Crippen LogP contribution in [0.5, 0.6) is 0 Å². The van der Waals surface area contributed by atoms with Gasteiger partial charge in [0.15, 0.2) is 0 Å². The molecule has 0 spiro atoms. The summed E-state index contributed by atoms with van der Waals surface area (Å²) in [4.78, 5) is 17.1. The molecule has 0 saturated carbocycles. The Hall–Kier alpha value is -3.04. The number of sulfonamides is 1. The Morgan fingerprint density at radius 2 is 1.79 bits per heavy atom. The fourth-order valence-corrected chi connectivity index (χ4v) is 3.47.